The Morgan fingerprint density at radius 2 is 1.83 bits per heavy atom. The molecule has 35 heavy (non-hydrogen) atoms. The number of aryl methyl sites for hydroxylation is 2. The zero-order chi connectivity index (χ0) is 26.6. The molecule has 0 amide bonds. The average Bonchev–Trinajstić information content (AvgIpc) is 2.87. The molecule has 0 aliphatic rings. The molecular formula is C33H46ClN. The fourth-order valence-corrected chi connectivity index (χ4v) is 3.54. The number of halogens is 1. The topological polar surface area (TPSA) is 23.8 Å². The molecule has 0 N–H and O–H groups in total. The summed E-state index contributed by atoms with van der Waals surface area (Å²) in [5, 5.41) is 8.91. The summed E-state index contributed by atoms with van der Waals surface area (Å²) in [4.78, 5) is 0. The fourth-order valence-electron chi connectivity index (χ4n) is 3.33. The first kappa shape index (κ1) is 32.4. The van der Waals surface area contributed by atoms with E-state index in [1.54, 1.807) is 0 Å². The minimum atomic E-state index is 0.241. The quantitative estimate of drug-likeness (QED) is 0.303. The van der Waals surface area contributed by atoms with E-state index in [0.29, 0.717) is 0 Å². The summed E-state index contributed by atoms with van der Waals surface area (Å²) in [5.74, 6) is 0.241. The van der Waals surface area contributed by atoms with Crippen molar-refractivity contribution in [2.75, 3.05) is 0 Å². The van der Waals surface area contributed by atoms with Gasteiger partial charge in [0, 0.05) is 10.9 Å². The van der Waals surface area contributed by atoms with Crippen molar-refractivity contribution in [3.63, 3.8) is 0 Å². The second kappa shape index (κ2) is 19.7. The molecule has 2 aromatic carbocycles. The van der Waals surface area contributed by atoms with Crippen LogP contribution in [0.4, 0.5) is 0 Å². The monoisotopic (exact) mass is 491 g/mol. The van der Waals surface area contributed by atoms with Gasteiger partial charge in [0.15, 0.2) is 0 Å². The summed E-state index contributed by atoms with van der Waals surface area (Å²) in [6.45, 7) is 20.5. The van der Waals surface area contributed by atoms with Crippen LogP contribution in [0.5, 0.6) is 0 Å². The van der Waals surface area contributed by atoms with Gasteiger partial charge >= 0.3 is 0 Å². The van der Waals surface area contributed by atoms with Crippen LogP contribution in [0.3, 0.4) is 0 Å². The third-order valence-electron chi connectivity index (χ3n) is 5.67. The van der Waals surface area contributed by atoms with Crippen LogP contribution in [0.15, 0.2) is 67.8 Å². The van der Waals surface area contributed by atoms with Crippen LogP contribution in [0.25, 0.3) is 11.1 Å². The molecule has 0 radical (unpaired) electrons. The average molecular weight is 492 g/mol. The van der Waals surface area contributed by atoms with Crippen LogP contribution in [0.1, 0.15) is 95.9 Å². The van der Waals surface area contributed by atoms with Crippen molar-refractivity contribution in [1.82, 2.24) is 0 Å². The van der Waals surface area contributed by atoms with E-state index in [9.17, 15) is 0 Å². The van der Waals surface area contributed by atoms with Crippen LogP contribution in [0.2, 0.25) is 5.02 Å². The second-order valence-corrected chi connectivity index (χ2v) is 9.23. The largest absolute Gasteiger partial charge is 0.198 e. The van der Waals surface area contributed by atoms with Crippen molar-refractivity contribution >= 4 is 22.7 Å². The van der Waals surface area contributed by atoms with E-state index in [1.807, 2.05) is 38.1 Å². The number of benzene rings is 2. The number of hydrogen-bond donors (Lipinski definition) is 0. The smallest absolute Gasteiger partial charge is 0.0652 e. The summed E-state index contributed by atoms with van der Waals surface area (Å²) in [7, 11) is 0. The first-order valence-corrected chi connectivity index (χ1v) is 13.4. The van der Waals surface area contributed by atoms with E-state index in [0.717, 1.165) is 49.1 Å². The van der Waals surface area contributed by atoms with Crippen LogP contribution in [-0.4, -0.2) is 0 Å². The Morgan fingerprint density at radius 1 is 1.11 bits per heavy atom. The third kappa shape index (κ3) is 13.8. The van der Waals surface area contributed by atoms with Crippen LogP contribution in [0, 0.1) is 17.2 Å². The zero-order valence-corrected chi connectivity index (χ0v) is 23.7. The Bertz CT molecular complexity index is 961. The maximum atomic E-state index is 8.08. The third-order valence-corrected chi connectivity index (χ3v) is 5.90. The van der Waals surface area contributed by atoms with Gasteiger partial charge in [-0.1, -0.05) is 94.3 Å². The molecule has 1 atom stereocenters. The first-order chi connectivity index (χ1) is 16.8. The molecule has 190 valence electrons. The maximum absolute atomic E-state index is 8.08. The highest BCUT2D eigenvalue weighted by Gasteiger charge is 2.08. The number of rotatable bonds is 10. The molecule has 0 fully saturated rings. The minimum Gasteiger partial charge on any atom is -0.198 e. The summed E-state index contributed by atoms with van der Waals surface area (Å²) in [5.41, 5.74) is 8.01. The van der Waals surface area contributed by atoms with Crippen molar-refractivity contribution < 1.29 is 0 Å². The molecule has 1 nitrogen and oxygen atoms in total. The van der Waals surface area contributed by atoms with E-state index in [2.05, 4.69) is 77.3 Å². The first-order valence-electron chi connectivity index (χ1n) is 13.0. The number of allylic oxidation sites excluding steroid dienone is 4. The van der Waals surface area contributed by atoms with Crippen LogP contribution >= 0.6 is 11.6 Å². The van der Waals surface area contributed by atoms with Gasteiger partial charge in [-0.05, 0) is 98.4 Å². The molecular weight excluding hydrogens is 446 g/mol. The molecule has 2 rings (SSSR count). The van der Waals surface area contributed by atoms with E-state index in [-0.39, 0.29) is 5.92 Å². The van der Waals surface area contributed by atoms with E-state index >= 15 is 0 Å². The second-order valence-electron chi connectivity index (χ2n) is 8.79. The molecule has 0 saturated carbocycles. The molecule has 1 unspecified atom stereocenters. The Kier molecular flexibility index (Phi) is 18.3. The molecule has 0 bridgehead atoms. The summed E-state index contributed by atoms with van der Waals surface area (Å²) < 4.78 is 0. The van der Waals surface area contributed by atoms with E-state index in [1.165, 1.54) is 34.2 Å². The Balaban J connectivity index is 0.000000630. The Hall–Kier alpha value is -2.56. The molecule has 0 aliphatic carbocycles. The van der Waals surface area contributed by atoms with Gasteiger partial charge in [0.25, 0.3) is 0 Å². The SMILES string of the molecule is C=CCCC(=CCC)c1cc(C(=C)C)ccc1CCC.CCC(C)C#N.CCc1cccc(Cl)c1. The predicted molar refractivity (Wildman–Crippen MR) is 159 cm³/mol. The lowest BCUT2D eigenvalue weighted by Crippen LogP contribution is -1.96. The molecule has 2 aromatic rings. The Morgan fingerprint density at radius 3 is 2.26 bits per heavy atom. The highest BCUT2D eigenvalue weighted by Crippen LogP contribution is 2.28. The normalized spacial score (nSPS) is 11.2. The molecule has 2 heteroatoms. The molecule has 0 heterocycles. The van der Waals surface area contributed by atoms with Gasteiger partial charge in [0.05, 0.1) is 6.07 Å². The van der Waals surface area contributed by atoms with Crippen molar-refractivity contribution in [2.45, 2.75) is 86.5 Å². The van der Waals surface area contributed by atoms with Gasteiger partial charge in [0.1, 0.15) is 0 Å². The highest BCUT2D eigenvalue weighted by atomic mass is 35.5. The molecule has 0 aliphatic heterocycles. The van der Waals surface area contributed by atoms with Gasteiger partial charge in [0.2, 0.25) is 0 Å². The molecule has 0 spiro atoms. The van der Waals surface area contributed by atoms with Gasteiger partial charge in [-0.15, -0.1) is 6.58 Å². The van der Waals surface area contributed by atoms with Crippen molar-refractivity contribution in [1.29, 1.82) is 5.26 Å². The lowest BCUT2D eigenvalue weighted by molar-refractivity contribution is 0.713. The van der Waals surface area contributed by atoms with Gasteiger partial charge < -0.3 is 0 Å². The zero-order valence-electron chi connectivity index (χ0n) is 23.0. The lowest BCUT2D eigenvalue weighted by atomic mass is 9.90. The van der Waals surface area contributed by atoms with E-state index < -0.39 is 0 Å². The van der Waals surface area contributed by atoms with Crippen molar-refractivity contribution in [3.05, 3.63) is 95.1 Å². The molecule has 0 saturated heterocycles. The van der Waals surface area contributed by atoms with Gasteiger partial charge in [-0.25, -0.2) is 0 Å². The number of hydrogen-bond acceptors (Lipinski definition) is 1. The standard InChI is InChI=1S/C20H28.C8H9Cl.C5H9N/c1-6-9-12-17(10-7-2)20-15-19(16(4)5)14-13-18(20)11-8-3;1-2-7-4-3-5-8(9)6-7;1-3-5(2)4-6/h6,10,13-15H,1,4,7-9,11-12H2,2-3,5H3;3-6H,2H2,1H3;5H,3H2,1-2H3. The number of nitrogens with zero attached hydrogens (tertiary/aromatic N) is 1. The van der Waals surface area contributed by atoms with Gasteiger partial charge in [-0.3, -0.25) is 0 Å². The Labute approximate surface area is 221 Å². The van der Waals surface area contributed by atoms with Crippen molar-refractivity contribution in [3.8, 4) is 6.07 Å². The summed E-state index contributed by atoms with van der Waals surface area (Å²) in [6, 6.07) is 16.8. The summed E-state index contributed by atoms with van der Waals surface area (Å²) >= 11 is 5.72. The minimum absolute atomic E-state index is 0.241. The van der Waals surface area contributed by atoms with Crippen LogP contribution < -0.4 is 0 Å². The van der Waals surface area contributed by atoms with Crippen molar-refractivity contribution in [2.24, 2.45) is 5.92 Å². The highest BCUT2D eigenvalue weighted by molar-refractivity contribution is 6.30. The maximum Gasteiger partial charge on any atom is 0.0652 e. The molecule has 0 aromatic heterocycles. The fraction of sp³-hybridized carbons (Fsp3) is 0.424. The van der Waals surface area contributed by atoms with E-state index in [4.69, 9.17) is 16.9 Å². The predicted octanol–water partition coefficient (Wildman–Crippen LogP) is 10.9. The summed E-state index contributed by atoms with van der Waals surface area (Å²) in [6.07, 6.45) is 11.9. The van der Waals surface area contributed by atoms with Crippen LogP contribution in [-0.2, 0) is 12.8 Å². The number of nitriles is 1. The van der Waals surface area contributed by atoms with Gasteiger partial charge in [-0.2, -0.15) is 5.26 Å². The lowest BCUT2D eigenvalue weighted by Gasteiger charge is -2.15.